The molecule has 0 aromatic rings. The summed E-state index contributed by atoms with van der Waals surface area (Å²) >= 11 is 0. The molecular weight excluding hydrogens is 991 g/mol. The minimum Gasteiger partial charge on any atom is -0.466 e. The molecule has 1 fully saturated rings. The second kappa shape index (κ2) is 57.7. The summed E-state index contributed by atoms with van der Waals surface area (Å²) in [6.07, 6.45) is 62.4. The highest BCUT2D eigenvalue weighted by atomic mass is 16.7. The van der Waals surface area contributed by atoms with E-state index in [1.165, 1.54) is 218 Å². The molecule has 464 valence electrons. The second-order valence-corrected chi connectivity index (χ2v) is 23.5. The summed E-state index contributed by atoms with van der Waals surface area (Å²) < 4.78 is 16.7. The van der Waals surface area contributed by atoms with Crippen LogP contribution in [0.5, 0.6) is 0 Å². The van der Waals surface area contributed by atoms with Crippen LogP contribution in [-0.2, 0) is 23.8 Å². The molecule has 11 heteroatoms. The maximum Gasteiger partial charge on any atom is 0.305 e. The molecule has 1 saturated heterocycles. The summed E-state index contributed by atoms with van der Waals surface area (Å²) in [7, 11) is 0. The Morgan fingerprint density at radius 3 is 1.28 bits per heavy atom. The van der Waals surface area contributed by atoms with E-state index in [4.69, 9.17) is 14.2 Å². The minimum atomic E-state index is -1.57. The van der Waals surface area contributed by atoms with Crippen LogP contribution in [0, 0.1) is 0 Å². The molecule has 1 rings (SSSR count). The van der Waals surface area contributed by atoms with Crippen molar-refractivity contribution in [1.29, 1.82) is 0 Å². The molecule has 0 bridgehead atoms. The third kappa shape index (κ3) is 47.0. The number of esters is 1. The van der Waals surface area contributed by atoms with Crippen LogP contribution < -0.4 is 5.32 Å². The zero-order valence-electron chi connectivity index (χ0n) is 51.3. The normalized spacial score (nSPS) is 18.6. The average molecular weight is 1120 g/mol. The lowest BCUT2D eigenvalue weighted by Crippen LogP contribution is -2.60. The topological polar surface area (TPSA) is 175 Å². The van der Waals surface area contributed by atoms with E-state index < -0.39 is 49.5 Å². The molecule has 1 aliphatic rings. The van der Waals surface area contributed by atoms with Gasteiger partial charge in [-0.2, -0.15) is 0 Å². The SMILES string of the molecule is CCCCCCCCCCCCCCC/C=C/C(O)C(COC1OC(CO)C(O)C(O)C1O)NC(=O)CCCCCCCCCCC/C=C\C/C=C\CCCCCCCCCCCOC(=O)CCCCCCCCCCCCC. The van der Waals surface area contributed by atoms with Gasteiger partial charge in [0.15, 0.2) is 6.29 Å². The minimum absolute atomic E-state index is 0.00167. The Balaban J connectivity index is 2.06. The van der Waals surface area contributed by atoms with Crippen LogP contribution in [0.25, 0.3) is 0 Å². The quantitative estimate of drug-likeness (QED) is 0.0195. The summed E-state index contributed by atoms with van der Waals surface area (Å²) in [5.41, 5.74) is 0. The number of allylic oxidation sites excluding steroid dienone is 5. The summed E-state index contributed by atoms with van der Waals surface area (Å²) in [6.45, 7) is 4.36. The number of amides is 1. The van der Waals surface area contributed by atoms with Crippen molar-refractivity contribution in [2.24, 2.45) is 0 Å². The average Bonchev–Trinajstić information content (AvgIpc) is 3.50. The van der Waals surface area contributed by atoms with Crippen molar-refractivity contribution in [3.05, 3.63) is 36.5 Å². The van der Waals surface area contributed by atoms with Crippen LogP contribution in [0.3, 0.4) is 0 Å². The van der Waals surface area contributed by atoms with Crippen LogP contribution in [0.15, 0.2) is 36.5 Å². The first-order valence-electron chi connectivity index (χ1n) is 33.8. The lowest BCUT2D eigenvalue weighted by atomic mass is 9.99. The maximum atomic E-state index is 13.1. The first-order chi connectivity index (χ1) is 38.7. The Morgan fingerprint density at radius 1 is 0.468 bits per heavy atom. The highest BCUT2D eigenvalue weighted by Gasteiger charge is 2.44. The van der Waals surface area contributed by atoms with Crippen molar-refractivity contribution in [3.63, 3.8) is 0 Å². The van der Waals surface area contributed by atoms with Crippen LogP contribution in [0.4, 0.5) is 0 Å². The van der Waals surface area contributed by atoms with Crippen LogP contribution >= 0.6 is 0 Å². The molecule has 1 heterocycles. The fourth-order valence-electron chi connectivity index (χ4n) is 10.6. The number of aliphatic hydroxyl groups excluding tert-OH is 5. The van der Waals surface area contributed by atoms with Crippen molar-refractivity contribution in [1.82, 2.24) is 5.32 Å². The molecular formula is C68H127NO10. The van der Waals surface area contributed by atoms with E-state index in [1.54, 1.807) is 6.08 Å². The molecule has 0 spiro atoms. The lowest BCUT2D eigenvalue weighted by Gasteiger charge is -2.40. The van der Waals surface area contributed by atoms with E-state index in [2.05, 4.69) is 43.5 Å². The van der Waals surface area contributed by atoms with Crippen molar-refractivity contribution in [3.8, 4) is 0 Å². The summed E-state index contributed by atoms with van der Waals surface area (Å²) in [5, 5.41) is 54.5. The summed E-state index contributed by atoms with van der Waals surface area (Å²) in [6, 6.07) is -0.815. The highest BCUT2D eigenvalue weighted by Crippen LogP contribution is 2.23. The number of hydrogen-bond donors (Lipinski definition) is 6. The zero-order chi connectivity index (χ0) is 57.3. The van der Waals surface area contributed by atoms with Gasteiger partial charge in [0.1, 0.15) is 24.4 Å². The van der Waals surface area contributed by atoms with Gasteiger partial charge in [0.2, 0.25) is 5.91 Å². The molecule has 1 amide bonds. The molecule has 79 heavy (non-hydrogen) atoms. The Morgan fingerprint density at radius 2 is 0.848 bits per heavy atom. The van der Waals surface area contributed by atoms with Gasteiger partial charge < -0.3 is 45.1 Å². The van der Waals surface area contributed by atoms with Gasteiger partial charge >= 0.3 is 5.97 Å². The fourth-order valence-corrected chi connectivity index (χ4v) is 10.6. The fraction of sp³-hybridized carbons (Fsp3) is 0.882. The van der Waals surface area contributed by atoms with Crippen LogP contribution in [-0.4, -0.2) is 100 Å². The monoisotopic (exact) mass is 1120 g/mol. The number of carbonyl (C=O) groups excluding carboxylic acids is 2. The van der Waals surface area contributed by atoms with E-state index in [1.807, 2.05) is 6.08 Å². The van der Waals surface area contributed by atoms with E-state index in [0.29, 0.717) is 19.4 Å². The number of carbonyl (C=O) groups is 2. The van der Waals surface area contributed by atoms with Gasteiger partial charge in [-0.25, -0.2) is 0 Å². The van der Waals surface area contributed by atoms with Gasteiger partial charge in [0.25, 0.3) is 0 Å². The molecule has 0 aliphatic carbocycles. The highest BCUT2D eigenvalue weighted by molar-refractivity contribution is 5.76. The number of nitrogens with one attached hydrogen (secondary N) is 1. The van der Waals surface area contributed by atoms with E-state index >= 15 is 0 Å². The van der Waals surface area contributed by atoms with Gasteiger partial charge in [0, 0.05) is 12.8 Å². The third-order valence-electron chi connectivity index (χ3n) is 16.0. The molecule has 11 nitrogen and oxygen atoms in total. The van der Waals surface area contributed by atoms with Crippen LogP contribution in [0.1, 0.15) is 322 Å². The van der Waals surface area contributed by atoms with Gasteiger partial charge in [-0.15, -0.1) is 0 Å². The van der Waals surface area contributed by atoms with Crippen molar-refractivity contribution in [2.75, 3.05) is 19.8 Å². The van der Waals surface area contributed by atoms with Crippen LogP contribution in [0.2, 0.25) is 0 Å². The summed E-state index contributed by atoms with van der Waals surface area (Å²) in [4.78, 5) is 25.1. The molecule has 1 aliphatic heterocycles. The zero-order valence-corrected chi connectivity index (χ0v) is 51.3. The standard InChI is InChI=1S/C68H127NO10/c1-3-5-7-9-11-13-15-16-28-31-35-38-42-46-50-54-61(71)60(59-78-68-67(76)66(75)65(74)62(58-70)79-68)69-63(72)55-51-47-43-39-36-32-29-26-24-22-20-18-17-19-21-23-25-27-30-33-37-41-45-49-53-57-77-64(73)56-52-48-44-40-34-14-12-10-8-6-4-2/h18-21,50,54,60-62,65-68,70-71,74-76H,3-17,22-49,51-53,55-59H2,1-2H3,(H,69,72)/b20-18-,21-19-,54-50+. The molecule has 0 aromatic heterocycles. The maximum absolute atomic E-state index is 13.1. The molecule has 7 unspecified atom stereocenters. The van der Waals surface area contributed by atoms with Crippen molar-refractivity contribution in [2.45, 2.75) is 365 Å². The Labute approximate surface area is 485 Å². The van der Waals surface area contributed by atoms with Crippen molar-refractivity contribution >= 4 is 11.9 Å². The van der Waals surface area contributed by atoms with Gasteiger partial charge in [-0.3, -0.25) is 9.59 Å². The predicted octanol–water partition coefficient (Wildman–Crippen LogP) is 16.6. The summed E-state index contributed by atoms with van der Waals surface area (Å²) in [5.74, 6) is -0.187. The van der Waals surface area contributed by atoms with E-state index in [0.717, 1.165) is 77.0 Å². The number of aliphatic hydroxyl groups is 5. The second-order valence-electron chi connectivity index (χ2n) is 23.5. The molecule has 0 radical (unpaired) electrons. The lowest BCUT2D eigenvalue weighted by molar-refractivity contribution is -0.302. The molecule has 6 N–H and O–H groups in total. The molecule has 0 saturated carbocycles. The number of unbranched alkanes of at least 4 members (excludes halogenated alkanes) is 41. The number of hydrogen-bond acceptors (Lipinski definition) is 10. The van der Waals surface area contributed by atoms with E-state index in [-0.39, 0.29) is 18.5 Å². The first kappa shape index (κ1) is 74.9. The third-order valence-corrected chi connectivity index (χ3v) is 16.0. The smallest absolute Gasteiger partial charge is 0.305 e. The number of rotatable bonds is 59. The van der Waals surface area contributed by atoms with E-state index in [9.17, 15) is 35.1 Å². The van der Waals surface area contributed by atoms with Crippen molar-refractivity contribution < 1.29 is 49.3 Å². The number of ether oxygens (including phenoxy) is 3. The molecule has 7 atom stereocenters. The Hall–Kier alpha value is -2.12. The van der Waals surface area contributed by atoms with Gasteiger partial charge in [-0.1, -0.05) is 281 Å². The first-order valence-corrected chi connectivity index (χ1v) is 33.8. The Kier molecular flexibility index (Phi) is 54.7. The molecule has 0 aromatic carbocycles. The Bertz CT molecular complexity index is 1410. The predicted molar refractivity (Wildman–Crippen MR) is 329 cm³/mol. The largest absolute Gasteiger partial charge is 0.466 e. The van der Waals surface area contributed by atoms with Gasteiger partial charge in [-0.05, 0) is 64.2 Å². The van der Waals surface area contributed by atoms with Gasteiger partial charge in [0.05, 0.1) is 32.0 Å².